The molecule has 1 aromatic heterocycles. The van der Waals surface area contributed by atoms with E-state index < -0.39 is 5.82 Å². The van der Waals surface area contributed by atoms with E-state index in [2.05, 4.69) is 27.0 Å². The van der Waals surface area contributed by atoms with Gasteiger partial charge < -0.3 is 5.73 Å². The lowest BCUT2D eigenvalue weighted by Crippen LogP contribution is -2.02. The average Bonchev–Trinajstić information content (AvgIpc) is 2.75. The van der Waals surface area contributed by atoms with Crippen molar-refractivity contribution in [1.29, 1.82) is 5.26 Å². The summed E-state index contributed by atoms with van der Waals surface area (Å²) >= 11 is 9.14. The molecule has 0 unspecified atom stereocenters. The van der Waals surface area contributed by atoms with Crippen molar-refractivity contribution < 1.29 is 4.39 Å². The van der Waals surface area contributed by atoms with Gasteiger partial charge in [-0.25, -0.2) is 9.37 Å². The summed E-state index contributed by atoms with van der Waals surface area (Å²) in [6, 6.07) is 9.95. The fourth-order valence-electron chi connectivity index (χ4n) is 2.14. The molecule has 0 radical (unpaired) electrons. The van der Waals surface area contributed by atoms with Crippen LogP contribution in [0.25, 0.3) is 16.7 Å². The van der Waals surface area contributed by atoms with E-state index in [0.29, 0.717) is 22.3 Å². The minimum Gasteiger partial charge on any atom is -0.369 e. The molecular formula is C14H7BrClFN4. The number of hydrogen-bond donors (Lipinski definition) is 1. The average molecular weight is 366 g/mol. The lowest BCUT2D eigenvalue weighted by molar-refractivity contribution is 0.630. The third-order valence-electron chi connectivity index (χ3n) is 3.04. The van der Waals surface area contributed by atoms with Gasteiger partial charge in [-0.2, -0.15) is 5.26 Å². The zero-order valence-electron chi connectivity index (χ0n) is 10.4. The largest absolute Gasteiger partial charge is 0.369 e. The lowest BCUT2D eigenvalue weighted by atomic mass is 10.2. The van der Waals surface area contributed by atoms with Crippen LogP contribution in [0.5, 0.6) is 0 Å². The van der Waals surface area contributed by atoms with Gasteiger partial charge >= 0.3 is 0 Å². The number of nitriles is 1. The molecule has 2 N–H and O–H groups in total. The van der Waals surface area contributed by atoms with Gasteiger partial charge in [-0.3, -0.25) is 4.57 Å². The van der Waals surface area contributed by atoms with Crippen LogP contribution in [0.1, 0.15) is 5.56 Å². The fourth-order valence-corrected chi connectivity index (χ4v) is 2.66. The number of benzene rings is 2. The van der Waals surface area contributed by atoms with E-state index in [1.54, 1.807) is 22.8 Å². The molecule has 0 saturated carbocycles. The Labute approximate surface area is 132 Å². The second-order valence-electron chi connectivity index (χ2n) is 4.33. The molecule has 0 aliphatic heterocycles. The van der Waals surface area contributed by atoms with Crippen LogP contribution in [0.4, 0.5) is 10.3 Å². The van der Waals surface area contributed by atoms with Gasteiger partial charge in [-0.1, -0.05) is 27.5 Å². The number of rotatable bonds is 1. The zero-order chi connectivity index (χ0) is 15.1. The van der Waals surface area contributed by atoms with E-state index in [4.69, 9.17) is 17.3 Å². The summed E-state index contributed by atoms with van der Waals surface area (Å²) in [5.74, 6) is -0.407. The van der Waals surface area contributed by atoms with Crippen molar-refractivity contribution in [3.63, 3.8) is 0 Å². The van der Waals surface area contributed by atoms with E-state index in [9.17, 15) is 9.65 Å². The molecule has 0 spiro atoms. The molecule has 4 nitrogen and oxygen atoms in total. The monoisotopic (exact) mass is 364 g/mol. The van der Waals surface area contributed by atoms with Crippen molar-refractivity contribution in [3.05, 3.63) is 51.2 Å². The van der Waals surface area contributed by atoms with Gasteiger partial charge in [0, 0.05) is 10.5 Å². The van der Waals surface area contributed by atoms with Crippen LogP contribution in [0.15, 0.2) is 34.8 Å². The van der Waals surface area contributed by atoms with E-state index in [-0.39, 0.29) is 11.0 Å². The first-order valence-corrected chi connectivity index (χ1v) is 7.01. The molecule has 0 saturated heterocycles. The van der Waals surface area contributed by atoms with Crippen LogP contribution < -0.4 is 5.73 Å². The molecule has 1 heterocycles. The predicted molar refractivity (Wildman–Crippen MR) is 82.9 cm³/mol. The summed E-state index contributed by atoms with van der Waals surface area (Å²) in [5, 5.41) is 9.24. The summed E-state index contributed by atoms with van der Waals surface area (Å²) in [7, 11) is 0. The Morgan fingerprint density at radius 3 is 2.81 bits per heavy atom. The summed E-state index contributed by atoms with van der Waals surface area (Å²) in [4.78, 5) is 4.11. The van der Waals surface area contributed by atoms with E-state index in [1.165, 1.54) is 12.1 Å². The third kappa shape index (κ3) is 2.24. The van der Waals surface area contributed by atoms with Gasteiger partial charge in [-0.05, 0) is 24.3 Å². The SMILES string of the molecule is N#Cc1cc(Br)ccc1-n1c(N)nc2cc(F)c(Cl)cc21. The number of imidazole rings is 1. The Hall–Kier alpha value is -2.10. The molecule has 7 heteroatoms. The number of nitrogens with two attached hydrogens (primary N) is 1. The fraction of sp³-hybridized carbons (Fsp3) is 0. The second-order valence-corrected chi connectivity index (χ2v) is 5.66. The van der Waals surface area contributed by atoms with Crippen molar-refractivity contribution in [1.82, 2.24) is 9.55 Å². The Morgan fingerprint density at radius 1 is 1.33 bits per heavy atom. The van der Waals surface area contributed by atoms with Crippen LogP contribution in [0.2, 0.25) is 5.02 Å². The molecule has 104 valence electrons. The first-order chi connectivity index (χ1) is 10.0. The summed E-state index contributed by atoms with van der Waals surface area (Å²) in [5.41, 5.74) is 7.80. The summed E-state index contributed by atoms with van der Waals surface area (Å²) in [6.45, 7) is 0. The normalized spacial score (nSPS) is 10.8. The molecule has 0 amide bonds. The summed E-state index contributed by atoms with van der Waals surface area (Å²) < 4.78 is 15.9. The highest BCUT2D eigenvalue weighted by Gasteiger charge is 2.15. The Bertz CT molecular complexity index is 913. The van der Waals surface area contributed by atoms with Crippen LogP contribution >= 0.6 is 27.5 Å². The number of halogens is 3. The quantitative estimate of drug-likeness (QED) is 0.708. The highest BCUT2D eigenvalue weighted by atomic mass is 79.9. The maximum Gasteiger partial charge on any atom is 0.205 e. The van der Waals surface area contributed by atoms with E-state index in [1.807, 2.05) is 0 Å². The Balaban J connectivity index is 2.38. The smallest absolute Gasteiger partial charge is 0.205 e. The first-order valence-electron chi connectivity index (χ1n) is 5.84. The minimum atomic E-state index is -0.565. The van der Waals surface area contributed by atoms with Gasteiger partial charge in [0.1, 0.15) is 11.9 Å². The van der Waals surface area contributed by atoms with Gasteiger partial charge in [0.05, 0.1) is 27.3 Å². The van der Waals surface area contributed by atoms with Gasteiger partial charge in [0.2, 0.25) is 5.95 Å². The topological polar surface area (TPSA) is 67.6 Å². The number of fused-ring (bicyclic) bond motifs is 1. The molecule has 0 fully saturated rings. The van der Waals surface area contributed by atoms with Crippen molar-refractivity contribution >= 4 is 44.5 Å². The molecule has 0 aliphatic rings. The predicted octanol–water partition coefficient (Wildman–Crippen LogP) is 4.03. The molecule has 21 heavy (non-hydrogen) atoms. The van der Waals surface area contributed by atoms with Gasteiger partial charge in [0.15, 0.2) is 0 Å². The highest BCUT2D eigenvalue weighted by molar-refractivity contribution is 9.10. The zero-order valence-corrected chi connectivity index (χ0v) is 12.8. The molecule has 3 rings (SSSR count). The molecule has 3 aromatic rings. The highest BCUT2D eigenvalue weighted by Crippen LogP contribution is 2.29. The maximum absolute atomic E-state index is 13.5. The van der Waals surface area contributed by atoms with Crippen LogP contribution in [-0.4, -0.2) is 9.55 Å². The van der Waals surface area contributed by atoms with Gasteiger partial charge in [0.25, 0.3) is 0 Å². The van der Waals surface area contributed by atoms with Gasteiger partial charge in [-0.15, -0.1) is 0 Å². The molecule has 0 aliphatic carbocycles. The summed E-state index contributed by atoms with van der Waals surface area (Å²) in [6.07, 6.45) is 0. The standard InChI is InChI=1S/C14H7BrClFN4/c15-8-1-2-12(7(3-8)6-18)21-13-4-9(16)10(17)5-11(13)20-14(21)19/h1-5H,(H2,19,20). The third-order valence-corrected chi connectivity index (χ3v) is 3.83. The number of nitrogens with zero attached hydrogens (tertiary/aromatic N) is 3. The maximum atomic E-state index is 13.5. The van der Waals surface area contributed by atoms with Crippen molar-refractivity contribution in [2.75, 3.05) is 5.73 Å². The van der Waals surface area contributed by atoms with E-state index >= 15 is 0 Å². The van der Waals surface area contributed by atoms with Crippen LogP contribution in [0.3, 0.4) is 0 Å². The second kappa shape index (κ2) is 5.02. The first kappa shape index (κ1) is 13.9. The number of anilines is 1. The number of aromatic nitrogens is 2. The molecule has 2 aromatic carbocycles. The molecule has 0 bridgehead atoms. The van der Waals surface area contributed by atoms with Crippen molar-refractivity contribution in [3.8, 4) is 11.8 Å². The Kier molecular flexibility index (Phi) is 3.32. The lowest BCUT2D eigenvalue weighted by Gasteiger charge is -2.09. The number of nitrogen functional groups attached to an aromatic ring is 1. The van der Waals surface area contributed by atoms with Crippen LogP contribution in [-0.2, 0) is 0 Å². The van der Waals surface area contributed by atoms with Crippen molar-refractivity contribution in [2.45, 2.75) is 0 Å². The van der Waals surface area contributed by atoms with Crippen LogP contribution in [0, 0.1) is 17.1 Å². The molecule has 0 atom stereocenters. The Morgan fingerprint density at radius 2 is 2.10 bits per heavy atom. The van der Waals surface area contributed by atoms with Crippen molar-refractivity contribution in [2.24, 2.45) is 0 Å². The molecular weight excluding hydrogens is 359 g/mol. The number of hydrogen-bond acceptors (Lipinski definition) is 3. The van der Waals surface area contributed by atoms with E-state index in [0.717, 1.165) is 4.47 Å². The minimum absolute atomic E-state index is 0.0285.